The van der Waals surface area contributed by atoms with Crippen LogP contribution in [0.3, 0.4) is 0 Å². The molecule has 0 N–H and O–H groups in total. The van der Waals surface area contributed by atoms with Crippen molar-refractivity contribution in [3.05, 3.63) is 23.8 Å². The highest BCUT2D eigenvalue weighted by Crippen LogP contribution is 2.35. The molecule has 1 atom stereocenters. The molecule has 9 heteroatoms. The van der Waals surface area contributed by atoms with Gasteiger partial charge >= 0.3 is 11.9 Å². The van der Waals surface area contributed by atoms with Gasteiger partial charge in [0.1, 0.15) is 11.8 Å². The maximum atomic E-state index is 12.5. The lowest BCUT2D eigenvalue weighted by Gasteiger charge is -2.33. The number of hydrogen-bond acceptors (Lipinski definition) is 8. The number of piperidine rings is 1. The van der Waals surface area contributed by atoms with Gasteiger partial charge in [-0.1, -0.05) is 0 Å². The van der Waals surface area contributed by atoms with E-state index in [1.165, 1.54) is 38.4 Å². The first-order valence-electron chi connectivity index (χ1n) is 10.1. The van der Waals surface area contributed by atoms with Gasteiger partial charge in [-0.25, -0.2) is 9.59 Å². The molecule has 1 aliphatic rings. The highest BCUT2D eigenvalue weighted by Gasteiger charge is 2.33. The summed E-state index contributed by atoms with van der Waals surface area (Å²) in [6.07, 6.45) is 4.85. The van der Waals surface area contributed by atoms with Crippen LogP contribution in [0, 0.1) is 0 Å². The second kappa shape index (κ2) is 11.8. The molecule has 0 bridgehead atoms. The van der Waals surface area contributed by atoms with E-state index in [-0.39, 0.29) is 6.61 Å². The Morgan fingerprint density at radius 2 is 1.68 bits per heavy atom. The summed E-state index contributed by atoms with van der Waals surface area (Å²) in [5.74, 6) is -0.118. The van der Waals surface area contributed by atoms with Gasteiger partial charge in [-0.05, 0) is 38.3 Å². The molecule has 0 radical (unpaired) electrons. The van der Waals surface area contributed by atoms with Crippen LogP contribution in [0.25, 0.3) is 6.08 Å². The third-order valence-electron chi connectivity index (χ3n) is 4.85. The number of ether oxygens (including phenoxy) is 5. The van der Waals surface area contributed by atoms with Crippen molar-refractivity contribution in [3.63, 3.8) is 0 Å². The maximum absolute atomic E-state index is 12.5. The summed E-state index contributed by atoms with van der Waals surface area (Å²) in [4.78, 5) is 38.2. The van der Waals surface area contributed by atoms with Crippen LogP contribution in [-0.2, 0) is 23.9 Å². The molecule has 1 amide bonds. The molecular weight excluding hydrogens is 406 g/mol. The molecule has 0 spiro atoms. The zero-order valence-electron chi connectivity index (χ0n) is 18.3. The number of rotatable bonds is 9. The summed E-state index contributed by atoms with van der Waals surface area (Å²) in [6, 6.07) is 2.66. The molecule has 1 unspecified atom stereocenters. The summed E-state index contributed by atoms with van der Waals surface area (Å²) in [7, 11) is 4.51. The summed E-state index contributed by atoms with van der Waals surface area (Å²) >= 11 is 0. The SMILES string of the molecule is CCOC(=O)C1CCCCN1C(=O)COC(=O)/C=C/c1cc(OC)c(OC)cc1OC. The first kappa shape index (κ1) is 24.0. The lowest BCUT2D eigenvalue weighted by molar-refractivity contribution is -0.159. The van der Waals surface area contributed by atoms with E-state index in [1.54, 1.807) is 19.1 Å². The van der Waals surface area contributed by atoms with Gasteiger partial charge in [0.2, 0.25) is 0 Å². The van der Waals surface area contributed by atoms with Crippen molar-refractivity contribution in [2.75, 3.05) is 41.1 Å². The summed E-state index contributed by atoms with van der Waals surface area (Å²) in [5, 5.41) is 0. The van der Waals surface area contributed by atoms with E-state index in [0.29, 0.717) is 35.8 Å². The number of carbonyl (C=O) groups is 3. The maximum Gasteiger partial charge on any atom is 0.331 e. The molecule has 1 saturated heterocycles. The van der Waals surface area contributed by atoms with Gasteiger partial charge in [0.05, 0.1) is 27.9 Å². The molecule has 1 aromatic rings. The van der Waals surface area contributed by atoms with Crippen molar-refractivity contribution in [2.24, 2.45) is 0 Å². The van der Waals surface area contributed by atoms with Crippen LogP contribution < -0.4 is 14.2 Å². The molecule has 0 aromatic heterocycles. The minimum absolute atomic E-state index is 0.247. The standard InChI is InChI=1S/C22H29NO8/c1-5-30-22(26)16-8-6-7-11-23(16)20(24)14-31-21(25)10-9-15-12-18(28-3)19(29-4)13-17(15)27-2/h9-10,12-13,16H,5-8,11,14H2,1-4H3/b10-9+. The van der Waals surface area contributed by atoms with Crippen LogP contribution in [0.2, 0.25) is 0 Å². The van der Waals surface area contributed by atoms with E-state index < -0.39 is 30.5 Å². The first-order valence-corrected chi connectivity index (χ1v) is 10.1. The monoisotopic (exact) mass is 435 g/mol. The van der Waals surface area contributed by atoms with Crippen LogP contribution in [-0.4, -0.2) is 69.9 Å². The molecule has 0 saturated carbocycles. The summed E-state index contributed by atoms with van der Waals surface area (Å²) in [6.45, 7) is 1.94. The van der Waals surface area contributed by atoms with E-state index >= 15 is 0 Å². The Labute approximate surface area is 181 Å². The van der Waals surface area contributed by atoms with E-state index in [9.17, 15) is 14.4 Å². The van der Waals surface area contributed by atoms with Gasteiger partial charge in [0, 0.05) is 24.3 Å². The van der Waals surface area contributed by atoms with E-state index in [2.05, 4.69) is 0 Å². The molecule has 1 heterocycles. The molecule has 170 valence electrons. The minimum atomic E-state index is -0.699. The third-order valence-corrected chi connectivity index (χ3v) is 4.85. The number of methoxy groups -OCH3 is 3. The normalized spacial score (nSPS) is 16.0. The van der Waals surface area contributed by atoms with Crippen molar-refractivity contribution in [1.29, 1.82) is 0 Å². The number of esters is 2. The molecule has 2 rings (SSSR count). The fourth-order valence-corrected chi connectivity index (χ4v) is 3.32. The first-order chi connectivity index (χ1) is 14.9. The fraction of sp³-hybridized carbons (Fsp3) is 0.500. The van der Waals surface area contributed by atoms with Crippen LogP contribution in [0.4, 0.5) is 0 Å². The average molecular weight is 435 g/mol. The highest BCUT2D eigenvalue weighted by molar-refractivity contribution is 5.91. The lowest BCUT2D eigenvalue weighted by atomic mass is 10.0. The van der Waals surface area contributed by atoms with Crippen molar-refractivity contribution in [3.8, 4) is 17.2 Å². The quantitative estimate of drug-likeness (QED) is 0.430. The Morgan fingerprint density at radius 1 is 1.00 bits per heavy atom. The van der Waals surface area contributed by atoms with Crippen molar-refractivity contribution >= 4 is 23.9 Å². The number of amides is 1. The highest BCUT2D eigenvalue weighted by atomic mass is 16.5. The van der Waals surface area contributed by atoms with Crippen LogP contribution in [0.15, 0.2) is 18.2 Å². The zero-order chi connectivity index (χ0) is 22.8. The van der Waals surface area contributed by atoms with Gasteiger partial charge in [-0.3, -0.25) is 4.79 Å². The second-order valence-electron chi connectivity index (χ2n) is 6.74. The molecule has 1 fully saturated rings. The van der Waals surface area contributed by atoms with Gasteiger partial charge in [-0.15, -0.1) is 0 Å². The van der Waals surface area contributed by atoms with Crippen molar-refractivity contribution in [2.45, 2.75) is 32.2 Å². The smallest absolute Gasteiger partial charge is 0.331 e. The molecule has 9 nitrogen and oxygen atoms in total. The molecular formula is C22H29NO8. The summed E-state index contributed by atoms with van der Waals surface area (Å²) < 4.78 is 25.9. The third kappa shape index (κ3) is 6.37. The van der Waals surface area contributed by atoms with Crippen molar-refractivity contribution in [1.82, 2.24) is 4.90 Å². The average Bonchev–Trinajstić information content (AvgIpc) is 2.80. The van der Waals surface area contributed by atoms with E-state index in [4.69, 9.17) is 23.7 Å². The Morgan fingerprint density at radius 3 is 2.32 bits per heavy atom. The van der Waals surface area contributed by atoms with E-state index in [0.717, 1.165) is 12.8 Å². The van der Waals surface area contributed by atoms with Gasteiger partial charge < -0.3 is 28.6 Å². The Balaban J connectivity index is 2.00. The van der Waals surface area contributed by atoms with E-state index in [1.807, 2.05) is 0 Å². The number of benzene rings is 1. The molecule has 1 aromatic carbocycles. The predicted molar refractivity (Wildman–Crippen MR) is 112 cm³/mol. The molecule has 0 aliphatic carbocycles. The number of likely N-dealkylation sites (tertiary alicyclic amines) is 1. The van der Waals surface area contributed by atoms with Crippen LogP contribution in [0.1, 0.15) is 31.7 Å². The Kier molecular flexibility index (Phi) is 9.17. The van der Waals surface area contributed by atoms with Gasteiger partial charge in [0.15, 0.2) is 18.1 Å². The number of nitrogens with zero attached hydrogens (tertiary/aromatic N) is 1. The Bertz CT molecular complexity index is 820. The molecule has 31 heavy (non-hydrogen) atoms. The summed E-state index contributed by atoms with van der Waals surface area (Å²) in [5.41, 5.74) is 0.571. The Hall–Kier alpha value is -3.23. The number of hydrogen-bond donors (Lipinski definition) is 0. The van der Waals surface area contributed by atoms with Gasteiger partial charge in [0.25, 0.3) is 5.91 Å². The number of carbonyl (C=O) groups excluding carboxylic acids is 3. The fourth-order valence-electron chi connectivity index (χ4n) is 3.32. The van der Waals surface area contributed by atoms with Crippen LogP contribution >= 0.6 is 0 Å². The second-order valence-corrected chi connectivity index (χ2v) is 6.74. The largest absolute Gasteiger partial charge is 0.496 e. The molecule has 1 aliphatic heterocycles. The van der Waals surface area contributed by atoms with Crippen LogP contribution in [0.5, 0.6) is 17.2 Å². The zero-order valence-corrected chi connectivity index (χ0v) is 18.3. The topological polar surface area (TPSA) is 101 Å². The minimum Gasteiger partial charge on any atom is -0.496 e. The van der Waals surface area contributed by atoms with Gasteiger partial charge in [-0.2, -0.15) is 0 Å². The lowest BCUT2D eigenvalue weighted by Crippen LogP contribution is -2.50. The van der Waals surface area contributed by atoms with Crippen molar-refractivity contribution < 1.29 is 38.1 Å². The predicted octanol–water partition coefficient (Wildman–Crippen LogP) is 2.21.